The molecular formula is C23H22F3N3O2. The van der Waals surface area contributed by atoms with E-state index in [-0.39, 0.29) is 17.1 Å². The Hall–Kier alpha value is -3.26. The van der Waals surface area contributed by atoms with Gasteiger partial charge in [0.05, 0.1) is 16.9 Å². The molecule has 3 aromatic rings. The van der Waals surface area contributed by atoms with E-state index in [2.05, 4.69) is 22.2 Å². The maximum atomic E-state index is 13.0. The molecule has 1 N–H and O–H groups in total. The lowest BCUT2D eigenvalue weighted by molar-refractivity contribution is -0.137. The van der Waals surface area contributed by atoms with Crippen molar-refractivity contribution < 1.29 is 22.4 Å². The van der Waals surface area contributed by atoms with E-state index in [1.165, 1.54) is 24.3 Å². The number of piperazine rings is 1. The summed E-state index contributed by atoms with van der Waals surface area (Å²) in [6.45, 7) is 3.56. The van der Waals surface area contributed by atoms with Crippen LogP contribution in [0.3, 0.4) is 0 Å². The Morgan fingerprint density at radius 2 is 1.71 bits per heavy atom. The van der Waals surface area contributed by atoms with Crippen LogP contribution in [0.4, 0.5) is 24.5 Å². The number of halogens is 3. The fourth-order valence-corrected chi connectivity index (χ4v) is 3.55. The number of nitrogens with zero attached hydrogens (tertiary/aromatic N) is 2. The van der Waals surface area contributed by atoms with Gasteiger partial charge in [-0.25, -0.2) is 0 Å². The quantitative estimate of drug-likeness (QED) is 0.636. The highest BCUT2D eigenvalue weighted by Gasteiger charge is 2.30. The molecule has 31 heavy (non-hydrogen) atoms. The predicted molar refractivity (Wildman–Crippen MR) is 113 cm³/mol. The molecule has 5 nitrogen and oxygen atoms in total. The number of likely N-dealkylation sites (N-methyl/N-ethyl adjacent to an activating group) is 1. The second kappa shape index (κ2) is 8.47. The average molecular weight is 429 g/mol. The summed E-state index contributed by atoms with van der Waals surface area (Å²) in [4.78, 5) is 17.2. The monoisotopic (exact) mass is 429 g/mol. The number of rotatable bonds is 4. The first-order valence-electron chi connectivity index (χ1n) is 9.92. The van der Waals surface area contributed by atoms with Gasteiger partial charge in [0, 0.05) is 31.7 Å². The number of alkyl halides is 3. The normalized spacial score (nSPS) is 15.2. The highest BCUT2D eigenvalue weighted by atomic mass is 19.4. The van der Waals surface area contributed by atoms with E-state index >= 15 is 0 Å². The molecule has 1 aliphatic rings. The van der Waals surface area contributed by atoms with Gasteiger partial charge in [0.25, 0.3) is 5.91 Å². The van der Waals surface area contributed by atoms with E-state index in [9.17, 15) is 18.0 Å². The molecule has 1 aliphatic heterocycles. The third-order valence-corrected chi connectivity index (χ3v) is 5.30. The molecule has 162 valence electrons. The molecule has 2 heterocycles. The summed E-state index contributed by atoms with van der Waals surface area (Å²) in [6, 6.07) is 15.3. The molecule has 0 saturated carbocycles. The van der Waals surface area contributed by atoms with E-state index in [4.69, 9.17) is 4.42 Å². The number of furan rings is 1. The Labute approximate surface area is 178 Å². The Balaban J connectivity index is 1.52. The molecule has 4 rings (SSSR count). The fourth-order valence-electron chi connectivity index (χ4n) is 3.55. The van der Waals surface area contributed by atoms with Crippen molar-refractivity contribution in [1.82, 2.24) is 4.90 Å². The molecule has 0 aliphatic carbocycles. The maximum absolute atomic E-state index is 13.0. The largest absolute Gasteiger partial charge is 0.451 e. The van der Waals surface area contributed by atoms with Crippen molar-refractivity contribution in [3.8, 4) is 11.3 Å². The van der Waals surface area contributed by atoms with Gasteiger partial charge in [-0.3, -0.25) is 4.79 Å². The highest BCUT2D eigenvalue weighted by Crippen LogP contribution is 2.33. The average Bonchev–Trinajstić information content (AvgIpc) is 3.25. The minimum atomic E-state index is -4.45. The molecule has 0 atom stereocenters. The van der Waals surface area contributed by atoms with Gasteiger partial charge in [-0.05, 0) is 43.4 Å². The molecule has 0 unspecified atom stereocenters. The van der Waals surface area contributed by atoms with Crippen molar-refractivity contribution in [3.63, 3.8) is 0 Å². The third-order valence-electron chi connectivity index (χ3n) is 5.30. The topological polar surface area (TPSA) is 48.7 Å². The molecule has 0 spiro atoms. The second-order valence-electron chi connectivity index (χ2n) is 7.50. The summed E-state index contributed by atoms with van der Waals surface area (Å²) < 4.78 is 44.5. The van der Waals surface area contributed by atoms with Gasteiger partial charge in [-0.1, -0.05) is 24.3 Å². The van der Waals surface area contributed by atoms with Crippen molar-refractivity contribution >= 4 is 17.3 Å². The van der Waals surface area contributed by atoms with E-state index in [1.807, 2.05) is 24.3 Å². The van der Waals surface area contributed by atoms with Crippen molar-refractivity contribution in [2.45, 2.75) is 6.18 Å². The fraction of sp³-hybridized carbons (Fsp3) is 0.261. The van der Waals surface area contributed by atoms with Crippen molar-refractivity contribution in [2.75, 3.05) is 43.4 Å². The third kappa shape index (κ3) is 4.74. The van der Waals surface area contributed by atoms with Gasteiger partial charge in [0.1, 0.15) is 5.76 Å². The molecule has 0 bridgehead atoms. The maximum Gasteiger partial charge on any atom is 0.416 e. The van der Waals surface area contributed by atoms with E-state index in [1.54, 1.807) is 0 Å². The molecular weight excluding hydrogens is 407 g/mol. The number of para-hydroxylation sites is 2. The number of benzene rings is 2. The van der Waals surface area contributed by atoms with Crippen LogP contribution in [-0.2, 0) is 6.18 Å². The first-order valence-corrected chi connectivity index (χ1v) is 9.92. The number of anilines is 2. The number of hydrogen-bond donors (Lipinski definition) is 1. The van der Waals surface area contributed by atoms with Crippen LogP contribution < -0.4 is 10.2 Å². The van der Waals surface area contributed by atoms with Crippen LogP contribution in [0.25, 0.3) is 11.3 Å². The Bertz CT molecular complexity index is 1070. The number of hydrogen-bond acceptors (Lipinski definition) is 4. The Morgan fingerprint density at radius 1 is 0.968 bits per heavy atom. The zero-order chi connectivity index (χ0) is 22.0. The van der Waals surface area contributed by atoms with Gasteiger partial charge < -0.3 is 19.5 Å². The first-order chi connectivity index (χ1) is 14.8. The van der Waals surface area contributed by atoms with E-state index < -0.39 is 17.6 Å². The Morgan fingerprint density at radius 3 is 2.45 bits per heavy atom. The van der Waals surface area contributed by atoms with Gasteiger partial charge in [0.2, 0.25) is 0 Å². The number of nitrogens with one attached hydrogen (secondary N) is 1. The highest BCUT2D eigenvalue weighted by molar-refractivity contribution is 6.04. The van der Waals surface area contributed by atoms with Crippen LogP contribution in [0.2, 0.25) is 0 Å². The molecule has 1 fully saturated rings. The SMILES string of the molecule is CN1CCN(c2ccccc2NC(=O)c2ccc(-c3cccc(C(F)(F)F)c3)o2)CC1. The number of amides is 1. The molecule has 2 aromatic carbocycles. The minimum absolute atomic E-state index is 0.0283. The van der Waals surface area contributed by atoms with Gasteiger partial charge in [-0.2, -0.15) is 13.2 Å². The zero-order valence-corrected chi connectivity index (χ0v) is 16.9. The van der Waals surface area contributed by atoms with Crippen LogP contribution in [0.15, 0.2) is 65.1 Å². The summed E-state index contributed by atoms with van der Waals surface area (Å²) in [5.74, 6) is -0.232. The molecule has 8 heteroatoms. The first kappa shape index (κ1) is 21.0. The molecule has 0 radical (unpaired) electrons. The standard InChI is InChI=1S/C23H22F3N3O2/c1-28-11-13-29(14-12-28)19-8-3-2-7-18(19)27-22(30)21-10-9-20(31-21)16-5-4-6-17(15-16)23(24,25)26/h2-10,15H,11-14H2,1H3,(H,27,30). The summed E-state index contributed by atoms with van der Waals surface area (Å²) in [5.41, 5.74) is 1.07. The van der Waals surface area contributed by atoms with Gasteiger partial charge in [-0.15, -0.1) is 0 Å². The lowest BCUT2D eigenvalue weighted by Gasteiger charge is -2.35. The lowest BCUT2D eigenvalue weighted by Crippen LogP contribution is -2.44. The second-order valence-corrected chi connectivity index (χ2v) is 7.50. The molecule has 1 saturated heterocycles. The van der Waals surface area contributed by atoms with Crippen molar-refractivity contribution in [2.24, 2.45) is 0 Å². The van der Waals surface area contributed by atoms with Gasteiger partial charge in [0.15, 0.2) is 5.76 Å². The van der Waals surface area contributed by atoms with Crippen LogP contribution in [0.5, 0.6) is 0 Å². The summed E-state index contributed by atoms with van der Waals surface area (Å²) in [5, 5.41) is 2.87. The molecule has 1 amide bonds. The van der Waals surface area contributed by atoms with Crippen molar-refractivity contribution in [1.29, 1.82) is 0 Å². The predicted octanol–water partition coefficient (Wildman–Crippen LogP) is 4.97. The molecule has 1 aromatic heterocycles. The van der Waals surface area contributed by atoms with Crippen molar-refractivity contribution in [3.05, 3.63) is 72.0 Å². The zero-order valence-electron chi connectivity index (χ0n) is 16.9. The Kier molecular flexibility index (Phi) is 5.73. The summed E-state index contributed by atoms with van der Waals surface area (Å²) >= 11 is 0. The lowest BCUT2D eigenvalue weighted by atomic mass is 10.1. The summed E-state index contributed by atoms with van der Waals surface area (Å²) in [7, 11) is 2.07. The van der Waals surface area contributed by atoms with Gasteiger partial charge >= 0.3 is 6.18 Å². The number of carbonyl (C=O) groups excluding carboxylic acids is 1. The van der Waals surface area contributed by atoms with Crippen LogP contribution in [0, 0.1) is 0 Å². The van der Waals surface area contributed by atoms with E-state index in [0.29, 0.717) is 5.69 Å². The number of carbonyl (C=O) groups is 1. The smallest absolute Gasteiger partial charge is 0.416 e. The minimum Gasteiger partial charge on any atom is -0.451 e. The van der Waals surface area contributed by atoms with E-state index in [0.717, 1.165) is 44.0 Å². The summed E-state index contributed by atoms with van der Waals surface area (Å²) in [6.07, 6.45) is -4.45. The van der Waals surface area contributed by atoms with Crippen LogP contribution >= 0.6 is 0 Å². The van der Waals surface area contributed by atoms with Crippen LogP contribution in [-0.4, -0.2) is 44.0 Å². The van der Waals surface area contributed by atoms with Crippen LogP contribution in [0.1, 0.15) is 16.1 Å².